The van der Waals surface area contributed by atoms with Gasteiger partial charge < -0.3 is 10.6 Å². The lowest BCUT2D eigenvalue weighted by Gasteiger charge is -2.16. The van der Waals surface area contributed by atoms with E-state index in [-0.39, 0.29) is 5.91 Å². The summed E-state index contributed by atoms with van der Waals surface area (Å²) in [7, 11) is 0. The summed E-state index contributed by atoms with van der Waals surface area (Å²) in [6, 6.07) is 1.09. The molecular formula is C13H26N2O. The first-order valence-electron chi connectivity index (χ1n) is 6.79. The van der Waals surface area contributed by atoms with Gasteiger partial charge in [-0.15, -0.1) is 0 Å². The molecule has 0 radical (unpaired) electrons. The Balaban J connectivity index is 2.00. The number of nitrogens with one attached hydrogen (secondary N) is 2. The summed E-state index contributed by atoms with van der Waals surface area (Å²) in [5.74, 6) is 0.209. The maximum absolute atomic E-state index is 11.4. The van der Waals surface area contributed by atoms with Crippen molar-refractivity contribution in [2.75, 3.05) is 6.54 Å². The molecule has 1 unspecified atom stereocenters. The summed E-state index contributed by atoms with van der Waals surface area (Å²) in [6.45, 7) is 5.24. The third-order valence-electron chi connectivity index (χ3n) is 3.13. The van der Waals surface area contributed by atoms with E-state index in [1.54, 1.807) is 0 Å². The fourth-order valence-electron chi connectivity index (χ4n) is 1.82. The molecule has 1 saturated carbocycles. The summed E-state index contributed by atoms with van der Waals surface area (Å²) >= 11 is 0. The Labute approximate surface area is 99.4 Å². The number of hydrogen-bond donors (Lipinski definition) is 2. The summed E-state index contributed by atoms with van der Waals surface area (Å²) in [4.78, 5) is 11.4. The average Bonchev–Trinajstić information content (AvgIpc) is 3.07. The van der Waals surface area contributed by atoms with Crippen LogP contribution in [0.15, 0.2) is 0 Å². The second-order valence-electron chi connectivity index (χ2n) is 4.79. The van der Waals surface area contributed by atoms with Gasteiger partial charge in [0.25, 0.3) is 0 Å². The maximum Gasteiger partial charge on any atom is 0.221 e. The molecule has 1 rings (SSSR count). The predicted octanol–water partition coefficient (Wildman–Crippen LogP) is 2.21. The van der Waals surface area contributed by atoms with Gasteiger partial charge in [0, 0.05) is 25.0 Å². The van der Waals surface area contributed by atoms with Crippen LogP contribution in [0.2, 0.25) is 0 Å². The molecule has 94 valence electrons. The highest BCUT2D eigenvalue weighted by atomic mass is 16.1. The van der Waals surface area contributed by atoms with Gasteiger partial charge in [-0.2, -0.15) is 0 Å². The highest BCUT2D eigenvalue weighted by Crippen LogP contribution is 2.18. The number of rotatable bonds is 9. The first-order chi connectivity index (χ1) is 7.76. The number of unbranched alkanes of at least 4 members (excludes halogenated alkanes) is 1. The van der Waals surface area contributed by atoms with Crippen molar-refractivity contribution >= 4 is 5.91 Å². The summed E-state index contributed by atoms with van der Waals surface area (Å²) in [5.41, 5.74) is 0. The lowest BCUT2D eigenvalue weighted by molar-refractivity contribution is -0.121. The largest absolute Gasteiger partial charge is 0.353 e. The maximum atomic E-state index is 11.4. The monoisotopic (exact) mass is 226 g/mol. The van der Waals surface area contributed by atoms with Crippen molar-refractivity contribution < 1.29 is 4.79 Å². The van der Waals surface area contributed by atoms with Gasteiger partial charge in [-0.05, 0) is 25.7 Å². The van der Waals surface area contributed by atoms with E-state index in [1.807, 2.05) is 0 Å². The van der Waals surface area contributed by atoms with Crippen LogP contribution in [0.4, 0.5) is 0 Å². The van der Waals surface area contributed by atoms with Gasteiger partial charge in [-0.1, -0.05) is 26.7 Å². The van der Waals surface area contributed by atoms with Crippen LogP contribution in [0, 0.1) is 0 Å². The molecule has 0 aromatic carbocycles. The van der Waals surface area contributed by atoms with Crippen molar-refractivity contribution in [3.8, 4) is 0 Å². The van der Waals surface area contributed by atoms with Crippen molar-refractivity contribution in [2.45, 2.75) is 70.9 Å². The summed E-state index contributed by atoms with van der Waals surface area (Å²) in [6.07, 6.45) is 7.89. The molecule has 3 nitrogen and oxygen atoms in total. The minimum atomic E-state index is 0.209. The zero-order valence-electron chi connectivity index (χ0n) is 10.7. The smallest absolute Gasteiger partial charge is 0.221 e. The molecule has 0 heterocycles. The van der Waals surface area contributed by atoms with E-state index in [0.717, 1.165) is 13.0 Å². The zero-order chi connectivity index (χ0) is 11.8. The molecule has 0 spiro atoms. The lowest BCUT2D eigenvalue weighted by atomic mass is 10.1. The van der Waals surface area contributed by atoms with Gasteiger partial charge in [0.15, 0.2) is 0 Å². The number of carbonyl (C=O) groups excluding carboxylic acids is 1. The highest BCUT2D eigenvalue weighted by molar-refractivity contribution is 5.76. The molecular weight excluding hydrogens is 200 g/mol. The Kier molecular flexibility index (Phi) is 6.46. The van der Waals surface area contributed by atoms with Crippen LogP contribution in [-0.2, 0) is 4.79 Å². The van der Waals surface area contributed by atoms with E-state index in [9.17, 15) is 4.79 Å². The van der Waals surface area contributed by atoms with Gasteiger partial charge in [-0.25, -0.2) is 0 Å². The standard InChI is InChI=1S/C13H26N2O/c1-3-5-6-11(4-2)14-10-9-13(16)15-12-7-8-12/h11-12,14H,3-10H2,1-2H3,(H,15,16). The van der Waals surface area contributed by atoms with E-state index < -0.39 is 0 Å². The molecule has 0 aliphatic heterocycles. The second-order valence-corrected chi connectivity index (χ2v) is 4.79. The van der Waals surface area contributed by atoms with Gasteiger partial charge in [0.1, 0.15) is 0 Å². The Morgan fingerprint density at radius 2 is 2.12 bits per heavy atom. The summed E-state index contributed by atoms with van der Waals surface area (Å²) in [5, 5.41) is 6.48. The van der Waals surface area contributed by atoms with Gasteiger partial charge in [-0.3, -0.25) is 4.79 Å². The molecule has 1 aliphatic carbocycles. The van der Waals surface area contributed by atoms with Crippen LogP contribution >= 0.6 is 0 Å². The molecule has 0 aromatic heterocycles. The lowest BCUT2D eigenvalue weighted by Crippen LogP contribution is -2.33. The summed E-state index contributed by atoms with van der Waals surface area (Å²) < 4.78 is 0. The van der Waals surface area contributed by atoms with Crippen LogP contribution in [0.1, 0.15) is 58.8 Å². The number of carbonyl (C=O) groups is 1. The molecule has 1 atom stereocenters. The molecule has 1 aliphatic rings. The Bertz CT molecular complexity index is 202. The van der Waals surface area contributed by atoms with E-state index in [0.29, 0.717) is 18.5 Å². The Hall–Kier alpha value is -0.570. The van der Waals surface area contributed by atoms with Crippen LogP contribution < -0.4 is 10.6 Å². The number of amides is 1. The molecule has 2 N–H and O–H groups in total. The van der Waals surface area contributed by atoms with E-state index in [1.165, 1.54) is 32.1 Å². The van der Waals surface area contributed by atoms with E-state index in [2.05, 4.69) is 24.5 Å². The van der Waals surface area contributed by atoms with Crippen LogP contribution in [0.3, 0.4) is 0 Å². The van der Waals surface area contributed by atoms with Gasteiger partial charge in [0.2, 0.25) is 5.91 Å². The quantitative estimate of drug-likeness (QED) is 0.633. The van der Waals surface area contributed by atoms with Gasteiger partial charge >= 0.3 is 0 Å². The normalized spacial score (nSPS) is 17.1. The third-order valence-corrected chi connectivity index (χ3v) is 3.13. The first-order valence-corrected chi connectivity index (χ1v) is 6.79. The SMILES string of the molecule is CCCCC(CC)NCCC(=O)NC1CC1. The highest BCUT2D eigenvalue weighted by Gasteiger charge is 2.22. The molecule has 0 bridgehead atoms. The number of hydrogen-bond acceptors (Lipinski definition) is 2. The molecule has 3 heteroatoms. The van der Waals surface area contributed by atoms with E-state index >= 15 is 0 Å². The van der Waals surface area contributed by atoms with Crippen molar-refractivity contribution in [2.24, 2.45) is 0 Å². The molecule has 0 saturated heterocycles. The fraction of sp³-hybridized carbons (Fsp3) is 0.923. The molecule has 1 fully saturated rings. The molecule has 16 heavy (non-hydrogen) atoms. The predicted molar refractivity (Wildman–Crippen MR) is 67.4 cm³/mol. The van der Waals surface area contributed by atoms with Crippen LogP contribution in [0.25, 0.3) is 0 Å². The van der Waals surface area contributed by atoms with Crippen molar-refractivity contribution in [3.05, 3.63) is 0 Å². The first kappa shape index (κ1) is 13.5. The van der Waals surface area contributed by atoms with Gasteiger partial charge in [0.05, 0.1) is 0 Å². The Morgan fingerprint density at radius 1 is 1.38 bits per heavy atom. The second kappa shape index (κ2) is 7.66. The molecule has 1 amide bonds. The zero-order valence-corrected chi connectivity index (χ0v) is 10.7. The topological polar surface area (TPSA) is 41.1 Å². The van der Waals surface area contributed by atoms with Crippen molar-refractivity contribution in [1.82, 2.24) is 10.6 Å². The minimum absolute atomic E-state index is 0.209. The van der Waals surface area contributed by atoms with Crippen molar-refractivity contribution in [3.63, 3.8) is 0 Å². The molecule has 0 aromatic rings. The van der Waals surface area contributed by atoms with Crippen LogP contribution in [0.5, 0.6) is 0 Å². The third kappa shape index (κ3) is 6.11. The average molecular weight is 226 g/mol. The van der Waals surface area contributed by atoms with E-state index in [4.69, 9.17) is 0 Å². The Morgan fingerprint density at radius 3 is 2.69 bits per heavy atom. The van der Waals surface area contributed by atoms with Crippen LogP contribution in [-0.4, -0.2) is 24.5 Å². The van der Waals surface area contributed by atoms with Crippen molar-refractivity contribution in [1.29, 1.82) is 0 Å². The minimum Gasteiger partial charge on any atom is -0.353 e. The fourth-order valence-corrected chi connectivity index (χ4v) is 1.82.